The van der Waals surface area contributed by atoms with E-state index in [2.05, 4.69) is 5.32 Å². The van der Waals surface area contributed by atoms with Gasteiger partial charge in [0.25, 0.3) is 5.91 Å². The molecule has 78 valence electrons. The minimum atomic E-state index is -0.0395. The second-order valence-corrected chi connectivity index (χ2v) is 4.41. The lowest BCUT2D eigenvalue weighted by atomic mass is 10.1. The third-order valence-electron chi connectivity index (χ3n) is 2.14. The van der Waals surface area contributed by atoms with Gasteiger partial charge in [0.15, 0.2) is 0 Å². The van der Waals surface area contributed by atoms with Crippen molar-refractivity contribution in [1.82, 2.24) is 5.32 Å². The molecule has 0 saturated heterocycles. The summed E-state index contributed by atoms with van der Waals surface area (Å²) in [5.41, 5.74) is 6.52. The molecule has 0 aromatic carbocycles. The Morgan fingerprint density at radius 1 is 1.64 bits per heavy atom. The lowest BCUT2D eigenvalue weighted by Crippen LogP contribution is -2.40. The quantitative estimate of drug-likeness (QED) is 0.794. The van der Waals surface area contributed by atoms with Crippen molar-refractivity contribution >= 4 is 17.2 Å². The van der Waals surface area contributed by atoms with Gasteiger partial charge in [-0.05, 0) is 17.4 Å². The van der Waals surface area contributed by atoms with Gasteiger partial charge in [0.1, 0.15) is 0 Å². The van der Waals surface area contributed by atoms with Gasteiger partial charge in [0.2, 0.25) is 0 Å². The molecule has 4 heteroatoms. The molecule has 1 amide bonds. The van der Waals surface area contributed by atoms with E-state index in [1.807, 2.05) is 24.6 Å². The van der Waals surface area contributed by atoms with Gasteiger partial charge in [-0.3, -0.25) is 4.79 Å². The highest BCUT2D eigenvalue weighted by Crippen LogP contribution is 2.05. The van der Waals surface area contributed by atoms with E-state index in [4.69, 9.17) is 5.73 Å². The summed E-state index contributed by atoms with van der Waals surface area (Å²) in [6, 6.07) is 1.83. The molecule has 0 radical (unpaired) electrons. The predicted molar refractivity (Wildman–Crippen MR) is 59.5 cm³/mol. The smallest absolute Gasteiger partial charge is 0.252 e. The van der Waals surface area contributed by atoms with Crippen molar-refractivity contribution in [2.24, 2.45) is 11.7 Å². The van der Waals surface area contributed by atoms with Gasteiger partial charge in [-0.1, -0.05) is 13.8 Å². The van der Waals surface area contributed by atoms with Crippen molar-refractivity contribution < 1.29 is 4.79 Å². The van der Waals surface area contributed by atoms with Crippen LogP contribution in [0.3, 0.4) is 0 Å². The van der Waals surface area contributed by atoms with Gasteiger partial charge in [-0.25, -0.2) is 0 Å². The molecule has 0 spiro atoms. The summed E-state index contributed by atoms with van der Waals surface area (Å²) in [6.07, 6.45) is 0. The molecule has 0 aliphatic carbocycles. The standard InChI is InChI=1S/C10H16N2OS/c1-7(2)9(11)5-12-10(13)8-3-4-14-6-8/h3-4,6-7,9H,5,11H2,1-2H3,(H,12,13). The molecule has 1 unspecified atom stereocenters. The van der Waals surface area contributed by atoms with Crippen molar-refractivity contribution in [3.63, 3.8) is 0 Å². The number of hydrogen-bond donors (Lipinski definition) is 2. The predicted octanol–water partition coefficient (Wildman–Crippen LogP) is 1.46. The third kappa shape index (κ3) is 3.12. The summed E-state index contributed by atoms with van der Waals surface area (Å²) in [5, 5.41) is 6.52. The maximum atomic E-state index is 11.5. The van der Waals surface area contributed by atoms with Crippen molar-refractivity contribution in [1.29, 1.82) is 0 Å². The van der Waals surface area contributed by atoms with Gasteiger partial charge >= 0.3 is 0 Å². The Kier molecular flexibility index (Phi) is 4.10. The first kappa shape index (κ1) is 11.2. The molecule has 0 aliphatic rings. The molecule has 1 atom stereocenters. The second-order valence-electron chi connectivity index (χ2n) is 3.63. The first-order valence-electron chi connectivity index (χ1n) is 4.67. The summed E-state index contributed by atoms with van der Waals surface area (Å²) in [6.45, 7) is 4.62. The van der Waals surface area contributed by atoms with E-state index in [-0.39, 0.29) is 11.9 Å². The fraction of sp³-hybridized carbons (Fsp3) is 0.500. The van der Waals surface area contributed by atoms with Crippen LogP contribution in [0.1, 0.15) is 24.2 Å². The van der Waals surface area contributed by atoms with Gasteiger partial charge in [0.05, 0.1) is 0 Å². The van der Waals surface area contributed by atoms with Crippen LogP contribution in [0.15, 0.2) is 16.8 Å². The highest BCUT2D eigenvalue weighted by atomic mass is 32.1. The van der Waals surface area contributed by atoms with Crippen molar-refractivity contribution in [2.45, 2.75) is 19.9 Å². The molecule has 3 nitrogen and oxygen atoms in total. The van der Waals surface area contributed by atoms with Crippen LogP contribution >= 0.6 is 11.3 Å². The van der Waals surface area contributed by atoms with Crippen LogP contribution in [0.25, 0.3) is 0 Å². The van der Waals surface area contributed by atoms with E-state index in [1.54, 1.807) is 6.07 Å². The van der Waals surface area contributed by atoms with Crippen LogP contribution in [0.5, 0.6) is 0 Å². The molecular weight excluding hydrogens is 196 g/mol. The van der Waals surface area contributed by atoms with E-state index in [9.17, 15) is 4.79 Å². The van der Waals surface area contributed by atoms with Crippen LogP contribution < -0.4 is 11.1 Å². The Balaban J connectivity index is 2.36. The maximum Gasteiger partial charge on any atom is 0.252 e. The average Bonchev–Trinajstić information content (AvgIpc) is 2.66. The molecule has 1 aromatic heterocycles. The minimum Gasteiger partial charge on any atom is -0.350 e. The number of nitrogens with two attached hydrogens (primary N) is 1. The van der Waals surface area contributed by atoms with Gasteiger partial charge in [-0.2, -0.15) is 11.3 Å². The number of nitrogens with one attached hydrogen (secondary N) is 1. The molecule has 14 heavy (non-hydrogen) atoms. The Bertz CT molecular complexity index is 282. The van der Waals surface area contributed by atoms with Gasteiger partial charge in [-0.15, -0.1) is 0 Å². The van der Waals surface area contributed by atoms with Crippen molar-refractivity contribution in [2.75, 3.05) is 6.54 Å². The number of hydrogen-bond acceptors (Lipinski definition) is 3. The van der Waals surface area contributed by atoms with Crippen LogP contribution in [0, 0.1) is 5.92 Å². The Hall–Kier alpha value is -0.870. The zero-order valence-corrected chi connectivity index (χ0v) is 9.30. The summed E-state index contributed by atoms with van der Waals surface area (Å²) in [7, 11) is 0. The van der Waals surface area contributed by atoms with E-state index in [0.29, 0.717) is 18.0 Å². The normalized spacial score (nSPS) is 12.9. The monoisotopic (exact) mass is 212 g/mol. The number of rotatable bonds is 4. The molecule has 0 aliphatic heterocycles. The molecule has 0 bridgehead atoms. The van der Waals surface area contributed by atoms with E-state index in [1.165, 1.54) is 11.3 Å². The van der Waals surface area contributed by atoms with E-state index >= 15 is 0 Å². The van der Waals surface area contributed by atoms with E-state index in [0.717, 1.165) is 0 Å². The summed E-state index contributed by atoms with van der Waals surface area (Å²) in [5.74, 6) is 0.347. The summed E-state index contributed by atoms with van der Waals surface area (Å²) in [4.78, 5) is 11.5. The third-order valence-corrected chi connectivity index (χ3v) is 2.82. The molecule has 1 heterocycles. The first-order valence-corrected chi connectivity index (χ1v) is 5.61. The Labute approximate surface area is 88.3 Å². The molecule has 0 saturated carbocycles. The van der Waals surface area contributed by atoms with Crippen LogP contribution in [-0.4, -0.2) is 18.5 Å². The first-order chi connectivity index (χ1) is 6.61. The fourth-order valence-electron chi connectivity index (χ4n) is 0.942. The average molecular weight is 212 g/mol. The highest BCUT2D eigenvalue weighted by molar-refractivity contribution is 7.08. The highest BCUT2D eigenvalue weighted by Gasteiger charge is 2.10. The molecule has 1 aromatic rings. The van der Waals surface area contributed by atoms with Crippen molar-refractivity contribution in [3.8, 4) is 0 Å². The minimum absolute atomic E-state index is 0.0255. The maximum absolute atomic E-state index is 11.5. The van der Waals surface area contributed by atoms with Crippen LogP contribution in [-0.2, 0) is 0 Å². The second kappa shape index (κ2) is 5.12. The molecule has 1 rings (SSSR count). The lowest BCUT2D eigenvalue weighted by molar-refractivity contribution is 0.0949. The van der Waals surface area contributed by atoms with Crippen molar-refractivity contribution in [3.05, 3.63) is 22.4 Å². The number of amides is 1. The zero-order chi connectivity index (χ0) is 10.6. The topological polar surface area (TPSA) is 55.1 Å². The number of carbonyl (C=O) groups excluding carboxylic acids is 1. The molecule has 0 fully saturated rings. The fourth-order valence-corrected chi connectivity index (χ4v) is 1.58. The zero-order valence-electron chi connectivity index (χ0n) is 8.49. The SMILES string of the molecule is CC(C)C(N)CNC(=O)c1ccsc1. The Morgan fingerprint density at radius 2 is 2.36 bits per heavy atom. The van der Waals surface area contributed by atoms with Crippen LogP contribution in [0.2, 0.25) is 0 Å². The van der Waals surface area contributed by atoms with Gasteiger partial charge < -0.3 is 11.1 Å². The van der Waals surface area contributed by atoms with Crippen LogP contribution in [0.4, 0.5) is 0 Å². The summed E-state index contributed by atoms with van der Waals surface area (Å²) >= 11 is 1.52. The molecular formula is C10H16N2OS. The van der Waals surface area contributed by atoms with Gasteiger partial charge in [0, 0.05) is 23.5 Å². The summed E-state index contributed by atoms with van der Waals surface area (Å²) < 4.78 is 0. The largest absolute Gasteiger partial charge is 0.350 e. The number of thiophene rings is 1. The Morgan fingerprint density at radius 3 is 2.86 bits per heavy atom. The van der Waals surface area contributed by atoms with E-state index < -0.39 is 0 Å². The number of carbonyl (C=O) groups is 1. The lowest BCUT2D eigenvalue weighted by Gasteiger charge is -2.15. The molecule has 3 N–H and O–H groups in total.